The van der Waals surface area contributed by atoms with E-state index in [1.54, 1.807) is 0 Å². The van der Waals surface area contributed by atoms with Crippen molar-refractivity contribution in [2.75, 3.05) is 13.2 Å². The number of benzene rings is 1. The summed E-state index contributed by atoms with van der Waals surface area (Å²) in [4.78, 5) is 0. The van der Waals surface area contributed by atoms with E-state index in [1.807, 2.05) is 0 Å². The summed E-state index contributed by atoms with van der Waals surface area (Å²) in [6.07, 6.45) is 2.34. The molecule has 1 aromatic carbocycles. The number of aliphatic hydroxyl groups excluding tert-OH is 1. The quantitative estimate of drug-likeness (QED) is 0.718. The Labute approximate surface area is 98.3 Å². The van der Waals surface area contributed by atoms with Gasteiger partial charge < -0.3 is 9.84 Å². The standard InChI is InChI=1S/C14H22O2/c1-3-9-16-11-14(15)10-13-7-5-12(4-2)6-8-13/h5-8,14-15H,3-4,9-11H2,1-2H3. The fourth-order valence-electron chi connectivity index (χ4n) is 1.61. The summed E-state index contributed by atoms with van der Waals surface area (Å²) in [6, 6.07) is 8.41. The molecule has 1 atom stereocenters. The van der Waals surface area contributed by atoms with E-state index in [2.05, 4.69) is 38.1 Å². The first-order valence-corrected chi connectivity index (χ1v) is 6.09. The van der Waals surface area contributed by atoms with Gasteiger partial charge in [-0.2, -0.15) is 0 Å². The molecule has 0 heterocycles. The van der Waals surface area contributed by atoms with Crippen LogP contribution in [0.5, 0.6) is 0 Å². The van der Waals surface area contributed by atoms with Crippen molar-refractivity contribution >= 4 is 0 Å². The van der Waals surface area contributed by atoms with Crippen molar-refractivity contribution in [1.82, 2.24) is 0 Å². The summed E-state index contributed by atoms with van der Waals surface area (Å²) < 4.78 is 5.31. The molecule has 0 radical (unpaired) electrons. The molecule has 0 bridgehead atoms. The maximum Gasteiger partial charge on any atom is 0.0813 e. The first kappa shape index (κ1) is 13.2. The zero-order chi connectivity index (χ0) is 11.8. The van der Waals surface area contributed by atoms with Gasteiger partial charge in [-0.05, 0) is 24.0 Å². The average Bonchev–Trinajstić information content (AvgIpc) is 2.30. The highest BCUT2D eigenvalue weighted by atomic mass is 16.5. The predicted octanol–water partition coefficient (Wildman–Crippen LogP) is 2.58. The molecule has 1 rings (SSSR count). The van der Waals surface area contributed by atoms with E-state index in [0.29, 0.717) is 13.0 Å². The van der Waals surface area contributed by atoms with Gasteiger partial charge in [0.2, 0.25) is 0 Å². The number of aliphatic hydroxyl groups is 1. The zero-order valence-electron chi connectivity index (χ0n) is 10.3. The van der Waals surface area contributed by atoms with Crippen LogP contribution in [0.4, 0.5) is 0 Å². The molecule has 0 saturated carbocycles. The monoisotopic (exact) mass is 222 g/mol. The lowest BCUT2D eigenvalue weighted by atomic mass is 10.1. The van der Waals surface area contributed by atoms with Gasteiger partial charge >= 0.3 is 0 Å². The van der Waals surface area contributed by atoms with Crippen molar-refractivity contribution in [3.8, 4) is 0 Å². The number of rotatable bonds is 7. The van der Waals surface area contributed by atoms with E-state index in [9.17, 15) is 5.11 Å². The Hall–Kier alpha value is -0.860. The summed E-state index contributed by atoms with van der Waals surface area (Å²) >= 11 is 0. The van der Waals surface area contributed by atoms with Crippen LogP contribution in [0.25, 0.3) is 0 Å². The van der Waals surface area contributed by atoms with E-state index in [-0.39, 0.29) is 6.10 Å². The highest BCUT2D eigenvalue weighted by Gasteiger charge is 2.05. The minimum Gasteiger partial charge on any atom is -0.390 e. The molecule has 0 aliphatic heterocycles. The molecular weight excluding hydrogens is 200 g/mol. The molecule has 1 unspecified atom stereocenters. The van der Waals surface area contributed by atoms with Gasteiger partial charge in [0.15, 0.2) is 0 Å². The summed E-state index contributed by atoms with van der Waals surface area (Å²) in [5.41, 5.74) is 2.50. The molecule has 0 fully saturated rings. The van der Waals surface area contributed by atoms with E-state index < -0.39 is 0 Å². The summed E-state index contributed by atoms with van der Waals surface area (Å²) in [5.74, 6) is 0. The molecule has 1 N–H and O–H groups in total. The maximum absolute atomic E-state index is 9.73. The van der Waals surface area contributed by atoms with E-state index >= 15 is 0 Å². The lowest BCUT2D eigenvalue weighted by Crippen LogP contribution is -2.18. The Morgan fingerprint density at radius 2 is 1.75 bits per heavy atom. The molecule has 90 valence electrons. The molecule has 0 saturated heterocycles. The van der Waals surface area contributed by atoms with Crippen LogP contribution in [0.3, 0.4) is 0 Å². The molecule has 2 heteroatoms. The molecule has 0 aromatic heterocycles. The number of hydrogen-bond acceptors (Lipinski definition) is 2. The molecule has 16 heavy (non-hydrogen) atoms. The normalized spacial score (nSPS) is 12.7. The average molecular weight is 222 g/mol. The first-order chi connectivity index (χ1) is 7.76. The SMILES string of the molecule is CCCOCC(O)Cc1ccc(CC)cc1. The summed E-state index contributed by atoms with van der Waals surface area (Å²) in [7, 11) is 0. The predicted molar refractivity (Wildman–Crippen MR) is 66.6 cm³/mol. The molecule has 0 aliphatic rings. The van der Waals surface area contributed by atoms with Gasteiger partial charge in [-0.1, -0.05) is 38.1 Å². The molecule has 2 nitrogen and oxygen atoms in total. The van der Waals surface area contributed by atoms with Gasteiger partial charge in [-0.25, -0.2) is 0 Å². The van der Waals surface area contributed by atoms with Crippen LogP contribution < -0.4 is 0 Å². The highest BCUT2D eigenvalue weighted by molar-refractivity contribution is 5.22. The van der Waals surface area contributed by atoms with Crippen LogP contribution in [0.2, 0.25) is 0 Å². The second kappa shape index (κ2) is 7.42. The summed E-state index contributed by atoms with van der Waals surface area (Å²) in [6.45, 7) is 5.37. The Bertz CT molecular complexity index is 279. The fraction of sp³-hybridized carbons (Fsp3) is 0.571. The molecular formula is C14H22O2. The smallest absolute Gasteiger partial charge is 0.0813 e. The van der Waals surface area contributed by atoms with Crippen molar-refractivity contribution in [3.63, 3.8) is 0 Å². The largest absolute Gasteiger partial charge is 0.390 e. The van der Waals surface area contributed by atoms with Gasteiger partial charge in [0.05, 0.1) is 12.7 Å². The zero-order valence-corrected chi connectivity index (χ0v) is 10.3. The Morgan fingerprint density at radius 1 is 1.12 bits per heavy atom. The van der Waals surface area contributed by atoms with Crippen LogP contribution in [0, 0.1) is 0 Å². The lowest BCUT2D eigenvalue weighted by Gasteiger charge is -2.11. The van der Waals surface area contributed by atoms with Gasteiger partial charge in [0, 0.05) is 13.0 Å². The van der Waals surface area contributed by atoms with Gasteiger partial charge in [0.1, 0.15) is 0 Å². The van der Waals surface area contributed by atoms with Crippen molar-refractivity contribution in [3.05, 3.63) is 35.4 Å². The van der Waals surface area contributed by atoms with E-state index in [0.717, 1.165) is 19.4 Å². The minimum atomic E-state index is -0.390. The second-order valence-electron chi connectivity index (χ2n) is 4.10. The third-order valence-electron chi connectivity index (χ3n) is 2.56. The van der Waals surface area contributed by atoms with E-state index in [4.69, 9.17) is 4.74 Å². The van der Waals surface area contributed by atoms with Crippen molar-refractivity contribution in [2.45, 2.75) is 39.2 Å². The van der Waals surface area contributed by atoms with Crippen LogP contribution in [0.15, 0.2) is 24.3 Å². The van der Waals surface area contributed by atoms with Crippen molar-refractivity contribution in [2.24, 2.45) is 0 Å². The maximum atomic E-state index is 9.73. The van der Waals surface area contributed by atoms with Crippen LogP contribution in [-0.4, -0.2) is 24.4 Å². The molecule has 1 aromatic rings. The van der Waals surface area contributed by atoms with Crippen LogP contribution >= 0.6 is 0 Å². The highest BCUT2D eigenvalue weighted by Crippen LogP contribution is 2.07. The Balaban J connectivity index is 2.34. The molecule has 0 spiro atoms. The molecule has 0 aliphatic carbocycles. The third kappa shape index (κ3) is 4.77. The van der Waals surface area contributed by atoms with Crippen molar-refractivity contribution in [1.29, 1.82) is 0 Å². The van der Waals surface area contributed by atoms with Crippen LogP contribution in [-0.2, 0) is 17.6 Å². The first-order valence-electron chi connectivity index (χ1n) is 6.09. The Kier molecular flexibility index (Phi) is 6.12. The van der Waals surface area contributed by atoms with Gasteiger partial charge in [-0.15, -0.1) is 0 Å². The van der Waals surface area contributed by atoms with Crippen molar-refractivity contribution < 1.29 is 9.84 Å². The number of aryl methyl sites for hydroxylation is 1. The lowest BCUT2D eigenvalue weighted by molar-refractivity contribution is 0.0374. The van der Waals surface area contributed by atoms with E-state index in [1.165, 1.54) is 11.1 Å². The third-order valence-corrected chi connectivity index (χ3v) is 2.56. The summed E-state index contributed by atoms with van der Waals surface area (Å²) in [5, 5.41) is 9.73. The Morgan fingerprint density at radius 3 is 2.31 bits per heavy atom. The number of hydrogen-bond donors (Lipinski definition) is 1. The fourth-order valence-corrected chi connectivity index (χ4v) is 1.61. The van der Waals surface area contributed by atoms with Gasteiger partial charge in [-0.3, -0.25) is 0 Å². The minimum absolute atomic E-state index is 0.390. The second-order valence-corrected chi connectivity index (χ2v) is 4.10. The van der Waals surface area contributed by atoms with Crippen LogP contribution in [0.1, 0.15) is 31.4 Å². The molecule has 0 amide bonds. The number of ether oxygens (including phenoxy) is 1. The van der Waals surface area contributed by atoms with Gasteiger partial charge in [0.25, 0.3) is 0 Å². The topological polar surface area (TPSA) is 29.5 Å².